The Balaban J connectivity index is 1.59. The van der Waals surface area contributed by atoms with Gasteiger partial charge < -0.3 is 28.4 Å². The van der Waals surface area contributed by atoms with Crippen LogP contribution in [0.1, 0.15) is 23.6 Å². The number of hydrogen-bond acceptors (Lipinski definition) is 7. The standard InChI is InChI=1S/C32H36O7/c1-3-19-35-32-31(38-24(2)33)30(37-22-27-17-11-6-12-18-27)29(36-21-26-15-9-5-10-16-26)28(39-32)23-34-20-25-13-7-4-8-14-25/h3-18,28-32H,1,19-23H2,2H3/t28-,29-,30+,31+,32+/m1/s1. The lowest BCUT2D eigenvalue weighted by Gasteiger charge is -2.45. The Morgan fingerprint density at radius 3 is 1.77 bits per heavy atom. The molecule has 0 N–H and O–H groups in total. The number of benzene rings is 3. The van der Waals surface area contributed by atoms with Crippen molar-refractivity contribution in [3.8, 4) is 0 Å². The summed E-state index contributed by atoms with van der Waals surface area (Å²) in [6.45, 7) is 6.55. The lowest BCUT2D eigenvalue weighted by molar-refractivity contribution is -0.318. The molecule has 0 spiro atoms. The van der Waals surface area contributed by atoms with E-state index in [9.17, 15) is 4.79 Å². The van der Waals surface area contributed by atoms with E-state index in [1.54, 1.807) is 6.08 Å². The van der Waals surface area contributed by atoms with E-state index in [-0.39, 0.29) is 13.2 Å². The average Bonchev–Trinajstić information content (AvgIpc) is 2.96. The zero-order valence-corrected chi connectivity index (χ0v) is 22.2. The third-order valence-electron chi connectivity index (χ3n) is 6.24. The molecule has 0 unspecified atom stereocenters. The van der Waals surface area contributed by atoms with Crippen LogP contribution < -0.4 is 0 Å². The van der Waals surface area contributed by atoms with Crippen molar-refractivity contribution in [3.05, 3.63) is 120 Å². The Kier molecular flexibility index (Phi) is 11.3. The summed E-state index contributed by atoms with van der Waals surface area (Å²) in [4.78, 5) is 12.2. The molecule has 206 valence electrons. The molecule has 1 fully saturated rings. The quantitative estimate of drug-likeness (QED) is 0.208. The Morgan fingerprint density at radius 1 is 0.744 bits per heavy atom. The number of rotatable bonds is 14. The van der Waals surface area contributed by atoms with Crippen LogP contribution in [0.25, 0.3) is 0 Å². The maximum absolute atomic E-state index is 12.2. The molecular formula is C32H36O7. The highest BCUT2D eigenvalue weighted by atomic mass is 16.7. The largest absolute Gasteiger partial charge is 0.454 e. The van der Waals surface area contributed by atoms with Gasteiger partial charge in [0.05, 0.1) is 33.0 Å². The molecule has 1 aliphatic rings. The molecule has 0 aliphatic carbocycles. The summed E-state index contributed by atoms with van der Waals surface area (Å²) < 4.78 is 37.0. The van der Waals surface area contributed by atoms with E-state index in [0.717, 1.165) is 16.7 Å². The highest BCUT2D eigenvalue weighted by molar-refractivity contribution is 5.66. The van der Waals surface area contributed by atoms with E-state index in [0.29, 0.717) is 19.8 Å². The summed E-state index contributed by atoms with van der Waals surface area (Å²) in [5.74, 6) is -0.468. The zero-order valence-electron chi connectivity index (χ0n) is 22.2. The molecular weight excluding hydrogens is 496 g/mol. The summed E-state index contributed by atoms with van der Waals surface area (Å²) in [7, 11) is 0. The van der Waals surface area contributed by atoms with Crippen molar-refractivity contribution >= 4 is 5.97 Å². The van der Waals surface area contributed by atoms with Crippen LogP contribution in [0.15, 0.2) is 104 Å². The summed E-state index contributed by atoms with van der Waals surface area (Å²) in [6, 6.07) is 29.6. The van der Waals surface area contributed by atoms with E-state index >= 15 is 0 Å². The van der Waals surface area contributed by atoms with Gasteiger partial charge in [0.15, 0.2) is 12.4 Å². The molecule has 0 aromatic heterocycles. The van der Waals surface area contributed by atoms with Crippen molar-refractivity contribution in [1.82, 2.24) is 0 Å². The van der Waals surface area contributed by atoms with Gasteiger partial charge in [0.25, 0.3) is 0 Å². The number of ether oxygens (including phenoxy) is 6. The molecule has 0 bridgehead atoms. The normalized spacial score (nSPS) is 22.7. The van der Waals surface area contributed by atoms with Gasteiger partial charge in [-0.3, -0.25) is 4.79 Å². The fourth-order valence-corrected chi connectivity index (χ4v) is 4.42. The topological polar surface area (TPSA) is 72.5 Å². The molecule has 39 heavy (non-hydrogen) atoms. The lowest BCUT2D eigenvalue weighted by Crippen LogP contribution is -2.62. The minimum absolute atomic E-state index is 0.209. The first kappa shape index (κ1) is 28.7. The Morgan fingerprint density at radius 2 is 1.26 bits per heavy atom. The van der Waals surface area contributed by atoms with Crippen LogP contribution in [-0.4, -0.2) is 49.9 Å². The number of esters is 1. The third kappa shape index (κ3) is 8.85. The van der Waals surface area contributed by atoms with Crippen LogP contribution in [0.5, 0.6) is 0 Å². The van der Waals surface area contributed by atoms with Gasteiger partial charge in [0, 0.05) is 6.92 Å². The molecule has 0 saturated carbocycles. The first-order chi connectivity index (χ1) is 19.1. The summed E-state index contributed by atoms with van der Waals surface area (Å²) in [6.07, 6.45) is -2.00. The Labute approximate surface area is 230 Å². The molecule has 4 rings (SSSR count). The van der Waals surface area contributed by atoms with E-state index in [4.69, 9.17) is 28.4 Å². The summed E-state index contributed by atoms with van der Waals surface area (Å²) >= 11 is 0. The highest BCUT2D eigenvalue weighted by Gasteiger charge is 2.50. The van der Waals surface area contributed by atoms with Crippen LogP contribution in [-0.2, 0) is 53.0 Å². The monoisotopic (exact) mass is 532 g/mol. The van der Waals surface area contributed by atoms with Crippen molar-refractivity contribution in [2.24, 2.45) is 0 Å². The fourth-order valence-electron chi connectivity index (χ4n) is 4.42. The maximum Gasteiger partial charge on any atom is 0.303 e. The number of carbonyl (C=O) groups is 1. The predicted octanol–water partition coefficient (Wildman–Crippen LogP) is 5.23. The fraction of sp³-hybridized carbons (Fsp3) is 0.344. The maximum atomic E-state index is 12.2. The second-order valence-corrected chi connectivity index (χ2v) is 9.26. The molecule has 1 saturated heterocycles. The molecule has 0 radical (unpaired) electrons. The average molecular weight is 533 g/mol. The first-order valence-corrected chi connectivity index (χ1v) is 13.1. The smallest absolute Gasteiger partial charge is 0.303 e. The van der Waals surface area contributed by atoms with Gasteiger partial charge in [-0.1, -0.05) is 97.1 Å². The summed E-state index contributed by atoms with van der Waals surface area (Å²) in [5, 5.41) is 0. The molecule has 3 aromatic rings. The van der Waals surface area contributed by atoms with Gasteiger partial charge in [-0.2, -0.15) is 0 Å². The molecule has 5 atom stereocenters. The zero-order chi connectivity index (χ0) is 27.3. The van der Waals surface area contributed by atoms with Crippen molar-refractivity contribution in [2.45, 2.75) is 57.5 Å². The molecule has 1 heterocycles. The molecule has 7 nitrogen and oxygen atoms in total. The van der Waals surface area contributed by atoms with Crippen LogP contribution in [0.2, 0.25) is 0 Å². The van der Waals surface area contributed by atoms with Crippen molar-refractivity contribution < 1.29 is 33.2 Å². The predicted molar refractivity (Wildman–Crippen MR) is 146 cm³/mol. The van der Waals surface area contributed by atoms with Gasteiger partial charge in [-0.15, -0.1) is 6.58 Å². The molecule has 0 amide bonds. The number of hydrogen-bond donors (Lipinski definition) is 0. The van der Waals surface area contributed by atoms with Crippen LogP contribution in [0.3, 0.4) is 0 Å². The van der Waals surface area contributed by atoms with Crippen LogP contribution in [0.4, 0.5) is 0 Å². The van der Waals surface area contributed by atoms with Gasteiger partial charge in [-0.25, -0.2) is 0 Å². The second kappa shape index (κ2) is 15.3. The first-order valence-electron chi connectivity index (χ1n) is 13.1. The van der Waals surface area contributed by atoms with Gasteiger partial charge >= 0.3 is 5.97 Å². The second-order valence-electron chi connectivity index (χ2n) is 9.26. The molecule has 3 aromatic carbocycles. The Bertz CT molecular complexity index is 1120. The SMILES string of the molecule is C=CCO[C@H]1O[C@H](COCc2ccccc2)[C@@H](OCc2ccccc2)[C@H](OCc2ccccc2)[C@@H]1OC(C)=O. The highest BCUT2D eigenvalue weighted by Crippen LogP contribution is 2.31. The van der Waals surface area contributed by atoms with Crippen molar-refractivity contribution in [1.29, 1.82) is 0 Å². The van der Waals surface area contributed by atoms with Crippen molar-refractivity contribution in [2.75, 3.05) is 13.2 Å². The minimum atomic E-state index is -0.894. The van der Waals surface area contributed by atoms with E-state index in [1.165, 1.54) is 6.92 Å². The van der Waals surface area contributed by atoms with Crippen LogP contribution in [0, 0.1) is 0 Å². The molecule has 1 aliphatic heterocycles. The van der Waals surface area contributed by atoms with E-state index in [1.807, 2.05) is 91.0 Å². The number of carbonyl (C=O) groups excluding carboxylic acids is 1. The Hall–Kier alpha value is -3.33. The third-order valence-corrected chi connectivity index (χ3v) is 6.24. The summed E-state index contributed by atoms with van der Waals surface area (Å²) in [5.41, 5.74) is 3.02. The van der Waals surface area contributed by atoms with Gasteiger partial charge in [0.1, 0.15) is 18.3 Å². The van der Waals surface area contributed by atoms with Gasteiger partial charge in [-0.05, 0) is 16.7 Å². The molecule has 7 heteroatoms. The van der Waals surface area contributed by atoms with Crippen LogP contribution >= 0.6 is 0 Å². The van der Waals surface area contributed by atoms with E-state index in [2.05, 4.69) is 6.58 Å². The lowest BCUT2D eigenvalue weighted by atomic mass is 9.98. The van der Waals surface area contributed by atoms with Crippen molar-refractivity contribution in [3.63, 3.8) is 0 Å². The van der Waals surface area contributed by atoms with E-state index < -0.39 is 36.7 Å². The van der Waals surface area contributed by atoms with Gasteiger partial charge in [0.2, 0.25) is 0 Å². The minimum Gasteiger partial charge on any atom is -0.454 e.